The van der Waals surface area contributed by atoms with Crippen LogP contribution >= 0.6 is 0 Å². The zero-order valence-electron chi connectivity index (χ0n) is 15.4. The first-order valence-electron chi connectivity index (χ1n) is 9.05. The first-order valence-corrected chi connectivity index (χ1v) is 9.05. The van der Waals surface area contributed by atoms with Gasteiger partial charge < -0.3 is 15.4 Å². The number of nitrogens with one attached hydrogen (secondary N) is 2. The predicted octanol–water partition coefficient (Wildman–Crippen LogP) is 3.48. The van der Waals surface area contributed by atoms with Gasteiger partial charge in [0.1, 0.15) is 0 Å². The topological polar surface area (TPSA) is 85.2 Å². The van der Waals surface area contributed by atoms with E-state index in [4.69, 9.17) is 4.74 Å². The van der Waals surface area contributed by atoms with Gasteiger partial charge in [-0.05, 0) is 49.2 Å². The lowest BCUT2D eigenvalue weighted by molar-refractivity contribution is -0.117. The van der Waals surface area contributed by atoms with Crippen LogP contribution in [0.15, 0.2) is 60.8 Å². The number of benzene rings is 2. The lowest BCUT2D eigenvalue weighted by Gasteiger charge is -2.07. The fourth-order valence-electron chi connectivity index (χ4n) is 2.79. The molecule has 2 N–H and O–H groups in total. The number of hydrogen-bond donors (Lipinski definition) is 2. The van der Waals surface area contributed by atoms with Crippen LogP contribution in [0.5, 0.6) is 5.75 Å². The second-order valence-corrected chi connectivity index (χ2v) is 6.62. The lowest BCUT2D eigenvalue weighted by Crippen LogP contribution is -2.15. The van der Waals surface area contributed by atoms with Crippen LogP contribution in [-0.4, -0.2) is 28.7 Å². The molecule has 2 amide bonds. The van der Waals surface area contributed by atoms with Crippen molar-refractivity contribution in [2.75, 3.05) is 17.7 Å². The molecule has 0 aliphatic heterocycles. The van der Waals surface area contributed by atoms with Crippen LogP contribution in [0.2, 0.25) is 0 Å². The second-order valence-electron chi connectivity index (χ2n) is 6.62. The minimum atomic E-state index is -0.374. The van der Waals surface area contributed by atoms with Gasteiger partial charge >= 0.3 is 0 Å². The summed E-state index contributed by atoms with van der Waals surface area (Å²) in [4.78, 5) is 24.5. The summed E-state index contributed by atoms with van der Waals surface area (Å²) in [6.45, 7) is 0. The van der Waals surface area contributed by atoms with Crippen LogP contribution in [-0.2, 0) is 4.79 Å². The van der Waals surface area contributed by atoms with E-state index in [0.29, 0.717) is 17.1 Å². The third kappa shape index (κ3) is 3.88. The predicted molar refractivity (Wildman–Crippen MR) is 106 cm³/mol. The smallest absolute Gasteiger partial charge is 0.280 e. The minimum absolute atomic E-state index is 0.0490. The molecule has 4 rings (SSSR count). The van der Waals surface area contributed by atoms with Crippen molar-refractivity contribution in [2.24, 2.45) is 5.92 Å². The highest BCUT2D eigenvalue weighted by Crippen LogP contribution is 2.30. The molecular formula is C21H20N4O3. The van der Waals surface area contributed by atoms with Gasteiger partial charge in [-0.3, -0.25) is 9.59 Å². The highest BCUT2D eigenvalue weighted by atomic mass is 16.5. The molecule has 0 atom stereocenters. The highest BCUT2D eigenvalue weighted by Gasteiger charge is 2.29. The molecule has 1 fully saturated rings. The molecule has 1 heterocycles. The van der Waals surface area contributed by atoms with E-state index >= 15 is 0 Å². The van der Waals surface area contributed by atoms with Crippen molar-refractivity contribution in [3.8, 4) is 11.4 Å². The molecule has 7 heteroatoms. The van der Waals surface area contributed by atoms with Gasteiger partial charge in [-0.15, -0.1) is 0 Å². The largest absolute Gasteiger partial charge is 0.493 e. The Balaban J connectivity index is 1.47. The van der Waals surface area contributed by atoms with Crippen LogP contribution < -0.4 is 15.4 Å². The van der Waals surface area contributed by atoms with E-state index in [1.807, 2.05) is 30.3 Å². The van der Waals surface area contributed by atoms with E-state index in [9.17, 15) is 9.59 Å². The van der Waals surface area contributed by atoms with Crippen molar-refractivity contribution in [3.05, 3.63) is 66.5 Å². The quantitative estimate of drug-likeness (QED) is 0.690. The molecule has 28 heavy (non-hydrogen) atoms. The fourth-order valence-corrected chi connectivity index (χ4v) is 2.79. The van der Waals surface area contributed by atoms with E-state index in [0.717, 1.165) is 18.5 Å². The van der Waals surface area contributed by atoms with Crippen LogP contribution in [0.1, 0.15) is 23.3 Å². The third-order valence-corrected chi connectivity index (χ3v) is 4.49. The van der Waals surface area contributed by atoms with Crippen molar-refractivity contribution in [1.29, 1.82) is 0 Å². The Morgan fingerprint density at radius 1 is 1.00 bits per heavy atom. The Labute approximate surface area is 162 Å². The first kappa shape index (κ1) is 17.8. The fraction of sp³-hybridized carbons (Fsp3) is 0.190. The summed E-state index contributed by atoms with van der Waals surface area (Å²) in [5, 5.41) is 10.0. The summed E-state index contributed by atoms with van der Waals surface area (Å²) in [5.74, 6) is 0.204. The maximum absolute atomic E-state index is 12.7. The Morgan fingerprint density at radius 2 is 1.64 bits per heavy atom. The van der Waals surface area contributed by atoms with Gasteiger partial charge in [0.05, 0.1) is 19.0 Å². The van der Waals surface area contributed by atoms with Gasteiger partial charge in [-0.1, -0.05) is 18.2 Å². The number of amides is 2. The number of rotatable bonds is 6. The van der Waals surface area contributed by atoms with E-state index < -0.39 is 0 Å². The molecule has 0 saturated heterocycles. The molecule has 7 nitrogen and oxygen atoms in total. The normalized spacial score (nSPS) is 13.0. The van der Waals surface area contributed by atoms with Crippen molar-refractivity contribution >= 4 is 23.2 Å². The SMILES string of the molecule is COc1cn(-c2ccccc2)nc1C(=O)Nc1ccc(NC(=O)C2CC2)cc1. The molecule has 1 aliphatic rings. The van der Waals surface area contributed by atoms with E-state index in [1.165, 1.54) is 7.11 Å². The third-order valence-electron chi connectivity index (χ3n) is 4.49. The van der Waals surface area contributed by atoms with Crippen molar-refractivity contribution in [3.63, 3.8) is 0 Å². The average molecular weight is 376 g/mol. The van der Waals surface area contributed by atoms with E-state index in [2.05, 4.69) is 15.7 Å². The summed E-state index contributed by atoms with van der Waals surface area (Å²) in [7, 11) is 1.50. The van der Waals surface area contributed by atoms with Crippen molar-refractivity contribution in [1.82, 2.24) is 9.78 Å². The molecule has 1 aliphatic carbocycles. The zero-order valence-corrected chi connectivity index (χ0v) is 15.4. The molecule has 0 radical (unpaired) electrons. The van der Waals surface area contributed by atoms with Crippen LogP contribution in [0, 0.1) is 5.92 Å². The van der Waals surface area contributed by atoms with Crippen LogP contribution in [0.3, 0.4) is 0 Å². The number of hydrogen-bond acceptors (Lipinski definition) is 4. The monoisotopic (exact) mass is 376 g/mol. The van der Waals surface area contributed by atoms with E-state index in [1.54, 1.807) is 35.1 Å². The second kappa shape index (κ2) is 7.56. The number of para-hydroxylation sites is 1. The maximum atomic E-state index is 12.7. The molecule has 1 saturated carbocycles. The zero-order chi connectivity index (χ0) is 19.5. The standard InChI is InChI=1S/C21H20N4O3/c1-28-18-13-25(17-5-3-2-4-6-17)24-19(18)21(27)23-16-11-9-15(10-12-16)22-20(26)14-7-8-14/h2-6,9-14H,7-8H2,1H3,(H,22,26)(H,23,27). The summed E-state index contributed by atoms with van der Waals surface area (Å²) < 4.78 is 6.91. The summed E-state index contributed by atoms with van der Waals surface area (Å²) in [5.41, 5.74) is 2.33. The Kier molecular flexibility index (Phi) is 4.80. The average Bonchev–Trinajstić information content (AvgIpc) is 3.49. The van der Waals surface area contributed by atoms with Crippen molar-refractivity contribution in [2.45, 2.75) is 12.8 Å². The van der Waals surface area contributed by atoms with Gasteiger partial charge in [0.15, 0.2) is 11.4 Å². The first-order chi connectivity index (χ1) is 13.6. The van der Waals surface area contributed by atoms with Gasteiger partial charge in [0.25, 0.3) is 5.91 Å². The van der Waals surface area contributed by atoms with Gasteiger partial charge in [-0.25, -0.2) is 4.68 Å². The minimum Gasteiger partial charge on any atom is -0.493 e. The number of carbonyl (C=O) groups excluding carboxylic acids is 2. The summed E-state index contributed by atoms with van der Waals surface area (Å²) in [6, 6.07) is 16.5. The number of carbonyl (C=O) groups is 2. The van der Waals surface area contributed by atoms with Crippen LogP contribution in [0.4, 0.5) is 11.4 Å². The molecule has 0 unspecified atom stereocenters. The van der Waals surface area contributed by atoms with Crippen molar-refractivity contribution < 1.29 is 14.3 Å². The molecular weight excluding hydrogens is 356 g/mol. The lowest BCUT2D eigenvalue weighted by atomic mass is 10.2. The summed E-state index contributed by atoms with van der Waals surface area (Å²) >= 11 is 0. The maximum Gasteiger partial charge on any atom is 0.280 e. The highest BCUT2D eigenvalue weighted by molar-refractivity contribution is 6.05. The van der Waals surface area contributed by atoms with Gasteiger partial charge in [-0.2, -0.15) is 5.10 Å². The number of methoxy groups -OCH3 is 1. The number of anilines is 2. The molecule has 2 aromatic carbocycles. The summed E-state index contributed by atoms with van der Waals surface area (Å²) in [6.07, 6.45) is 3.58. The Hall–Kier alpha value is -3.61. The molecule has 1 aromatic heterocycles. The molecule has 0 spiro atoms. The Bertz CT molecular complexity index is 992. The number of ether oxygens (including phenoxy) is 1. The van der Waals surface area contributed by atoms with E-state index in [-0.39, 0.29) is 23.4 Å². The number of aromatic nitrogens is 2. The van der Waals surface area contributed by atoms with Crippen LogP contribution in [0.25, 0.3) is 5.69 Å². The molecule has 0 bridgehead atoms. The Morgan fingerprint density at radius 3 is 2.25 bits per heavy atom. The number of nitrogens with zero attached hydrogens (tertiary/aromatic N) is 2. The van der Waals surface area contributed by atoms with Gasteiger partial charge in [0.2, 0.25) is 5.91 Å². The molecule has 142 valence electrons. The molecule has 3 aromatic rings. The van der Waals surface area contributed by atoms with Gasteiger partial charge in [0, 0.05) is 17.3 Å².